The smallest absolute Gasteiger partial charge is 0.0643 e. The van der Waals surface area contributed by atoms with Gasteiger partial charge in [-0.2, -0.15) is 0 Å². The van der Waals surface area contributed by atoms with Crippen LogP contribution in [0.1, 0.15) is 9.75 Å². The lowest BCUT2D eigenvalue weighted by Gasteiger charge is -2.26. The van der Waals surface area contributed by atoms with Gasteiger partial charge in [0.05, 0.1) is 19.3 Å². The molecule has 1 N–H and O–H groups in total. The molecule has 0 atom stereocenters. The molecule has 0 aliphatic carbocycles. The van der Waals surface area contributed by atoms with Crippen molar-refractivity contribution < 1.29 is 4.74 Å². The number of nitrogens with one attached hydrogen (secondary N) is 1. The first-order valence-electron chi connectivity index (χ1n) is 4.21. The van der Waals surface area contributed by atoms with Crippen LogP contribution in [0.15, 0.2) is 12.1 Å². The van der Waals surface area contributed by atoms with E-state index in [-0.39, 0.29) is 0 Å². The van der Waals surface area contributed by atoms with Gasteiger partial charge in [-0.25, -0.2) is 0 Å². The van der Waals surface area contributed by atoms with Crippen molar-refractivity contribution in [1.29, 1.82) is 0 Å². The standard InChI is InChI=1S/C9H13NOS/c1-7-2-3-9(12-7)4-10-8-5-11-6-8/h2-3,8,10H,4-6H2,1H3. The Bertz CT molecular complexity index is 255. The largest absolute Gasteiger partial charge is 0.378 e. The summed E-state index contributed by atoms with van der Waals surface area (Å²) in [5.74, 6) is 0. The van der Waals surface area contributed by atoms with Gasteiger partial charge in [-0.15, -0.1) is 11.3 Å². The van der Waals surface area contributed by atoms with Crippen molar-refractivity contribution in [2.24, 2.45) is 0 Å². The molecule has 0 bridgehead atoms. The van der Waals surface area contributed by atoms with Crippen molar-refractivity contribution in [3.8, 4) is 0 Å². The molecule has 1 aromatic heterocycles. The Hall–Kier alpha value is -0.380. The third-order valence-corrected chi connectivity index (χ3v) is 3.00. The summed E-state index contributed by atoms with van der Waals surface area (Å²) in [7, 11) is 0. The fourth-order valence-corrected chi connectivity index (χ4v) is 2.02. The summed E-state index contributed by atoms with van der Waals surface area (Å²) in [5.41, 5.74) is 0. The zero-order chi connectivity index (χ0) is 8.39. The molecule has 2 heterocycles. The molecule has 0 amide bonds. The minimum absolute atomic E-state index is 0.590. The Morgan fingerprint density at radius 1 is 1.58 bits per heavy atom. The Morgan fingerprint density at radius 3 is 2.92 bits per heavy atom. The van der Waals surface area contributed by atoms with E-state index in [2.05, 4.69) is 24.4 Å². The molecule has 1 aromatic rings. The quantitative estimate of drug-likeness (QED) is 0.767. The van der Waals surface area contributed by atoms with Gasteiger partial charge >= 0.3 is 0 Å². The van der Waals surface area contributed by atoms with E-state index in [1.807, 2.05) is 11.3 Å². The molecule has 0 aromatic carbocycles. The van der Waals surface area contributed by atoms with E-state index in [4.69, 9.17) is 4.74 Å². The van der Waals surface area contributed by atoms with Crippen LogP contribution < -0.4 is 5.32 Å². The van der Waals surface area contributed by atoms with E-state index in [0.29, 0.717) is 6.04 Å². The van der Waals surface area contributed by atoms with Gasteiger partial charge in [0.25, 0.3) is 0 Å². The number of thiophene rings is 1. The Balaban J connectivity index is 1.79. The first kappa shape index (κ1) is 8.23. The van der Waals surface area contributed by atoms with E-state index in [1.165, 1.54) is 9.75 Å². The summed E-state index contributed by atoms with van der Waals surface area (Å²) >= 11 is 1.86. The van der Waals surface area contributed by atoms with Crippen molar-refractivity contribution in [2.45, 2.75) is 19.5 Å². The maximum absolute atomic E-state index is 5.07. The summed E-state index contributed by atoms with van der Waals surface area (Å²) in [5, 5.41) is 3.43. The Labute approximate surface area is 76.6 Å². The van der Waals surface area contributed by atoms with Crippen LogP contribution in [0, 0.1) is 6.92 Å². The highest BCUT2D eigenvalue weighted by molar-refractivity contribution is 7.11. The van der Waals surface area contributed by atoms with Gasteiger partial charge < -0.3 is 10.1 Å². The average Bonchev–Trinajstić information content (AvgIpc) is 2.32. The fraction of sp³-hybridized carbons (Fsp3) is 0.556. The minimum Gasteiger partial charge on any atom is -0.378 e. The van der Waals surface area contributed by atoms with Crippen LogP contribution in [0.25, 0.3) is 0 Å². The van der Waals surface area contributed by atoms with Crippen molar-refractivity contribution in [2.75, 3.05) is 13.2 Å². The van der Waals surface area contributed by atoms with Crippen molar-refractivity contribution >= 4 is 11.3 Å². The van der Waals surface area contributed by atoms with E-state index in [0.717, 1.165) is 19.8 Å². The lowest BCUT2D eigenvalue weighted by atomic mass is 10.2. The normalized spacial score (nSPS) is 17.8. The molecule has 2 rings (SSSR count). The van der Waals surface area contributed by atoms with Gasteiger partial charge in [-0.3, -0.25) is 0 Å². The van der Waals surface area contributed by atoms with Crippen LogP contribution >= 0.6 is 11.3 Å². The van der Waals surface area contributed by atoms with Gasteiger partial charge in [-0.1, -0.05) is 0 Å². The van der Waals surface area contributed by atoms with Crippen LogP contribution in [-0.4, -0.2) is 19.3 Å². The molecule has 0 saturated carbocycles. The Morgan fingerprint density at radius 2 is 2.42 bits per heavy atom. The van der Waals surface area contributed by atoms with Crippen molar-refractivity contribution in [1.82, 2.24) is 5.32 Å². The highest BCUT2D eigenvalue weighted by Gasteiger charge is 2.16. The summed E-state index contributed by atoms with van der Waals surface area (Å²) < 4.78 is 5.07. The third kappa shape index (κ3) is 1.86. The van der Waals surface area contributed by atoms with Crippen LogP contribution in [0.2, 0.25) is 0 Å². The summed E-state index contributed by atoms with van der Waals surface area (Å²) in [6.45, 7) is 4.89. The van der Waals surface area contributed by atoms with Gasteiger partial charge in [0.1, 0.15) is 0 Å². The molecule has 66 valence electrons. The highest BCUT2D eigenvalue weighted by atomic mass is 32.1. The zero-order valence-corrected chi connectivity index (χ0v) is 7.99. The molecule has 1 fully saturated rings. The highest BCUT2D eigenvalue weighted by Crippen LogP contribution is 2.15. The number of rotatable bonds is 3. The first-order valence-corrected chi connectivity index (χ1v) is 5.03. The van der Waals surface area contributed by atoms with E-state index >= 15 is 0 Å². The van der Waals surface area contributed by atoms with Crippen molar-refractivity contribution in [3.05, 3.63) is 21.9 Å². The van der Waals surface area contributed by atoms with Gasteiger partial charge in [0, 0.05) is 16.3 Å². The molecular weight excluding hydrogens is 170 g/mol. The van der Waals surface area contributed by atoms with Gasteiger partial charge in [0.2, 0.25) is 0 Å². The average molecular weight is 183 g/mol. The third-order valence-electron chi connectivity index (χ3n) is 2.00. The van der Waals surface area contributed by atoms with Crippen LogP contribution in [0.4, 0.5) is 0 Å². The van der Waals surface area contributed by atoms with Crippen LogP contribution in [0.5, 0.6) is 0 Å². The number of ether oxygens (including phenoxy) is 1. The molecule has 2 nitrogen and oxygen atoms in total. The second kappa shape index (κ2) is 3.56. The molecule has 0 radical (unpaired) electrons. The minimum atomic E-state index is 0.590. The summed E-state index contributed by atoms with van der Waals surface area (Å²) in [4.78, 5) is 2.80. The fourth-order valence-electron chi connectivity index (χ4n) is 1.18. The molecule has 1 saturated heterocycles. The first-order chi connectivity index (χ1) is 5.84. The maximum atomic E-state index is 5.07. The van der Waals surface area contributed by atoms with E-state index in [1.54, 1.807) is 0 Å². The second-order valence-electron chi connectivity index (χ2n) is 3.13. The lowest BCUT2D eigenvalue weighted by molar-refractivity contribution is -0.00567. The van der Waals surface area contributed by atoms with Crippen LogP contribution in [0.3, 0.4) is 0 Å². The molecule has 3 heteroatoms. The van der Waals surface area contributed by atoms with Crippen LogP contribution in [-0.2, 0) is 11.3 Å². The summed E-state index contributed by atoms with van der Waals surface area (Å²) in [6.07, 6.45) is 0. The molecule has 1 aliphatic rings. The molecule has 12 heavy (non-hydrogen) atoms. The van der Waals surface area contributed by atoms with Crippen molar-refractivity contribution in [3.63, 3.8) is 0 Å². The van der Waals surface area contributed by atoms with E-state index in [9.17, 15) is 0 Å². The Kier molecular flexibility index (Phi) is 2.44. The van der Waals surface area contributed by atoms with E-state index < -0.39 is 0 Å². The predicted octanol–water partition coefficient (Wildman–Crippen LogP) is 1.54. The van der Waals surface area contributed by atoms with Gasteiger partial charge in [-0.05, 0) is 19.1 Å². The monoisotopic (exact) mass is 183 g/mol. The maximum Gasteiger partial charge on any atom is 0.0643 e. The molecule has 0 spiro atoms. The number of aryl methyl sites for hydroxylation is 1. The zero-order valence-electron chi connectivity index (χ0n) is 7.17. The molecule has 0 unspecified atom stereocenters. The van der Waals surface area contributed by atoms with Gasteiger partial charge in [0.15, 0.2) is 0 Å². The molecular formula is C9H13NOS. The SMILES string of the molecule is Cc1ccc(CNC2COC2)s1. The number of hydrogen-bond donors (Lipinski definition) is 1. The second-order valence-corrected chi connectivity index (χ2v) is 4.50. The predicted molar refractivity (Wildman–Crippen MR) is 50.5 cm³/mol. The summed E-state index contributed by atoms with van der Waals surface area (Å²) in [6, 6.07) is 4.94. The molecule has 1 aliphatic heterocycles. The number of hydrogen-bond acceptors (Lipinski definition) is 3. The topological polar surface area (TPSA) is 21.3 Å². The lowest BCUT2D eigenvalue weighted by Crippen LogP contribution is -2.45.